The minimum atomic E-state index is 1.01. The van der Waals surface area contributed by atoms with Crippen molar-refractivity contribution in [2.24, 2.45) is 7.05 Å². The SMILES string of the molecule is CCc1ccc2ncc(-c3cnn(C)c3)cc2c1Br. The lowest BCUT2D eigenvalue weighted by Crippen LogP contribution is -1.88. The van der Waals surface area contributed by atoms with Gasteiger partial charge >= 0.3 is 0 Å². The summed E-state index contributed by atoms with van der Waals surface area (Å²) in [5.74, 6) is 0. The minimum Gasteiger partial charge on any atom is -0.275 e. The summed E-state index contributed by atoms with van der Waals surface area (Å²) >= 11 is 3.69. The fourth-order valence-corrected chi connectivity index (χ4v) is 2.94. The third kappa shape index (κ3) is 2.16. The molecule has 1 aromatic carbocycles. The summed E-state index contributed by atoms with van der Waals surface area (Å²) in [7, 11) is 1.92. The average molecular weight is 316 g/mol. The van der Waals surface area contributed by atoms with Gasteiger partial charge in [0.05, 0.1) is 11.7 Å². The predicted octanol–water partition coefficient (Wildman–Crippen LogP) is 3.96. The van der Waals surface area contributed by atoms with Gasteiger partial charge in [0, 0.05) is 40.4 Å². The molecule has 0 bridgehead atoms. The Labute approximate surface area is 120 Å². The number of nitrogens with zero attached hydrogens (tertiary/aromatic N) is 3. The van der Waals surface area contributed by atoms with E-state index in [4.69, 9.17) is 0 Å². The molecule has 2 heterocycles. The number of fused-ring (bicyclic) bond motifs is 1. The monoisotopic (exact) mass is 315 g/mol. The molecule has 3 rings (SSSR count). The molecule has 0 saturated heterocycles. The number of aromatic nitrogens is 3. The van der Waals surface area contributed by atoms with E-state index < -0.39 is 0 Å². The smallest absolute Gasteiger partial charge is 0.0713 e. The van der Waals surface area contributed by atoms with Crippen molar-refractivity contribution in [2.45, 2.75) is 13.3 Å². The lowest BCUT2D eigenvalue weighted by Gasteiger charge is -2.07. The summed E-state index contributed by atoms with van der Waals surface area (Å²) in [5.41, 5.74) is 4.50. The van der Waals surface area contributed by atoms with Crippen molar-refractivity contribution in [3.05, 3.63) is 46.8 Å². The zero-order chi connectivity index (χ0) is 13.4. The van der Waals surface area contributed by atoms with Crippen LogP contribution in [-0.4, -0.2) is 14.8 Å². The number of rotatable bonds is 2. The first kappa shape index (κ1) is 12.4. The molecule has 0 radical (unpaired) electrons. The van der Waals surface area contributed by atoms with Crippen molar-refractivity contribution in [1.29, 1.82) is 0 Å². The summed E-state index contributed by atoms with van der Waals surface area (Å²) in [5, 5.41) is 5.36. The van der Waals surface area contributed by atoms with Gasteiger partial charge < -0.3 is 0 Å². The van der Waals surface area contributed by atoms with Crippen molar-refractivity contribution in [1.82, 2.24) is 14.8 Å². The first-order valence-corrected chi connectivity index (χ1v) is 7.04. The molecule has 3 aromatic rings. The molecular formula is C15H14BrN3. The highest BCUT2D eigenvalue weighted by molar-refractivity contribution is 9.10. The molecule has 96 valence electrons. The van der Waals surface area contributed by atoms with Gasteiger partial charge in [-0.15, -0.1) is 0 Å². The molecular weight excluding hydrogens is 302 g/mol. The zero-order valence-electron chi connectivity index (χ0n) is 10.9. The molecule has 0 aliphatic carbocycles. The third-order valence-electron chi connectivity index (χ3n) is 3.30. The first-order chi connectivity index (χ1) is 9.19. The Morgan fingerprint density at radius 1 is 1.21 bits per heavy atom. The van der Waals surface area contributed by atoms with Gasteiger partial charge in [-0.05, 0) is 40.0 Å². The lowest BCUT2D eigenvalue weighted by atomic mass is 10.1. The minimum absolute atomic E-state index is 1.01. The van der Waals surface area contributed by atoms with Crippen molar-refractivity contribution in [3.8, 4) is 11.1 Å². The Balaban J connectivity index is 2.21. The third-order valence-corrected chi connectivity index (χ3v) is 4.23. The molecule has 0 N–H and O–H groups in total. The van der Waals surface area contributed by atoms with E-state index in [0.29, 0.717) is 0 Å². The van der Waals surface area contributed by atoms with Crippen LogP contribution in [0.25, 0.3) is 22.0 Å². The molecule has 0 aliphatic heterocycles. The van der Waals surface area contributed by atoms with Crippen LogP contribution < -0.4 is 0 Å². The number of benzene rings is 1. The Kier molecular flexibility index (Phi) is 3.11. The largest absolute Gasteiger partial charge is 0.275 e. The van der Waals surface area contributed by atoms with Crippen LogP contribution in [0.15, 0.2) is 41.3 Å². The first-order valence-electron chi connectivity index (χ1n) is 6.25. The van der Waals surface area contributed by atoms with Gasteiger partial charge in [0.15, 0.2) is 0 Å². The maximum atomic E-state index is 4.54. The van der Waals surface area contributed by atoms with Crippen LogP contribution in [0.2, 0.25) is 0 Å². The number of halogens is 1. The summed E-state index contributed by atoms with van der Waals surface area (Å²) in [4.78, 5) is 4.54. The molecule has 2 aromatic heterocycles. The van der Waals surface area contributed by atoms with E-state index in [9.17, 15) is 0 Å². The summed E-state index contributed by atoms with van der Waals surface area (Å²) < 4.78 is 2.95. The van der Waals surface area contributed by atoms with E-state index in [1.165, 1.54) is 5.56 Å². The van der Waals surface area contributed by atoms with Gasteiger partial charge in [0.25, 0.3) is 0 Å². The van der Waals surface area contributed by atoms with Crippen LogP contribution in [0.1, 0.15) is 12.5 Å². The van der Waals surface area contributed by atoms with Gasteiger partial charge in [0.1, 0.15) is 0 Å². The van der Waals surface area contributed by atoms with Crippen LogP contribution in [0, 0.1) is 0 Å². The maximum absolute atomic E-state index is 4.54. The molecule has 0 atom stereocenters. The second-order valence-corrected chi connectivity index (χ2v) is 5.38. The molecule has 19 heavy (non-hydrogen) atoms. The van der Waals surface area contributed by atoms with Crippen molar-refractivity contribution >= 4 is 26.8 Å². The van der Waals surface area contributed by atoms with Crippen LogP contribution in [-0.2, 0) is 13.5 Å². The van der Waals surface area contributed by atoms with Gasteiger partial charge in [-0.3, -0.25) is 9.67 Å². The van der Waals surface area contributed by atoms with Crippen molar-refractivity contribution < 1.29 is 0 Å². The van der Waals surface area contributed by atoms with Crippen LogP contribution in [0.5, 0.6) is 0 Å². The van der Waals surface area contributed by atoms with Crippen LogP contribution in [0.4, 0.5) is 0 Å². The number of pyridine rings is 1. The summed E-state index contributed by atoms with van der Waals surface area (Å²) in [6.45, 7) is 2.16. The van der Waals surface area contributed by atoms with Gasteiger partial charge in [-0.25, -0.2) is 0 Å². The molecule has 3 nitrogen and oxygen atoms in total. The number of hydrogen-bond donors (Lipinski definition) is 0. The molecule has 0 amide bonds. The van der Waals surface area contributed by atoms with E-state index in [-0.39, 0.29) is 0 Å². The Morgan fingerprint density at radius 3 is 2.74 bits per heavy atom. The van der Waals surface area contributed by atoms with Crippen molar-refractivity contribution in [2.75, 3.05) is 0 Å². The quantitative estimate of drug-likeness (QED) is 0.716. The van der Waals surface area contributed by atoms with Gasteiger partial charge in [0.2, 0.25) is 0 Å². The highest BCUT2D eigenvalue weighted by Crippen LogP contribution is 2.30. The molecule has 0 fully saturated rings. The molecule has 4 heteroatoms. The predicted molar refractivity (Wildman–Crippen MR) is 81.0 cm³/mol. The average Bonchev–Trinajstić information content (AvgIpc) is 2.86. The summed E-state index contributed by atoms with van der Waals surface area (Å²) in [6.07, 6.45) is 6.77. The number of aryl methyl sites for hydroxylation is 2. The topological polar surface area (TPSA) is 30.7 Å². The van der Waals surface area contributed by atoms with E-state index >= 15 is 0 Å². The summed E-state index contributed by atoms with van der Waals surface area (Å²) in [6, 6.07) is 6.37. The van der Waals surface area contributed by atoms with E-state index in [0.717, 1.165) is 32.9 Å². The van der Waals surface area contributed by atoms with Crippen LogP contribution >= 0.6 is 15.9 Å². The molecule has 0 aliphatic rings. The maximum Gasteiger partial charge on any atom is 0.0713 e. The Morgan fingerprint density at radius 2 is 2.05 bits per heavy atom. The normalized spacial score (nSPS) is 11.1. The fraction of sp³-hybridized carbons (Fsp3) is 0.200. The lowest BCUT2D eigenvalue weighted by molar-refractivity contribution is 0.768. The molecule has 0 unspecified atom stereocenters. The van der Waals surface area contributed by atoms with E-state index in [1.807, 2.05) is 25.6 Å². The fourth-order valence-electron chi connectivity index (χ4n) is 2.21. The van der Waals surface area contributed by atoms with Gasteiger partial charge in [-0.1, -0.05) is 13.0 Å². The van der Waals surface area contributed by atoms with Crippen LogP contribution in [0.3, 0.4) is 0 Å². The van der Waals surface area contributed by atoms with Crippen molar-refractivity contribution in [3.63, 3.8) is 0 Å². The Hall–Kier alpha value is -1.68. The number of hydrogen-bond acceptors (Lipinski definition) is 2. The highest BCUT2D eigenvalue weighted by Gasteiger charge is 2.07. The second-order valence-electron chi connectivity index (χ2n) is 4.59. The Bertz CT molecular complexity index is 746. The van der Waals surface area contributed by atoms with Gasteiger partial charge in [-0.2, -0.15) is 5.10 Å². The highest BCUT2D eigenvalue weighted by atomic mass is 79.9. The molecule has 0 spiro atoms. The van der Waals surface area contributed by atoms with E-state index in [1.54, 1.807) is 4.68 Å². The van der Waals surface area contributed by atoms with E-state index in [2.05, 4.69) is 51.1 Å². The standard InChI is InChI=1S/C15H14BrN3/c1-3-10-4-5-14-13(15(10)16)6-11(7-17-14)12-8-18-19(2)9-12/h4-9H,3H2,1-2H3. The zero-order valence-corrected chi connectivity index (χ0v) is 12.5. The second kappa shape index (κ2) is 4.78. The molecule has 0 saturated carbocycles.